The van der Waals surface area contributed by atoms with Crippen LogP contribution in [0.1, 0.15) is 24.8 Å². The lowest BCUT2D eigenvalue weighted by atomic mass is 9.78. The molecule has 1 amide bonds. The number of rotatable bonds is 1. The molecule has 2 aliphatic rings. The summed E-state index contributed by atoms with van der Waals surface area (Å²) in [5.41, 5.74) is 1.13. The molecular weight excluding hydrogens is 226 g/mol. The van der Waals surface area contributed by atoms with E-state index < -0.39 is 5.60 Å². The number of halogens is 1. The Kier molecular flexibility index (Phi) is 2.11. The van der Waals surface area contributed by atoms with Crippen molar-refractivity contribution in [3.8, 4) is 5.75 Å². The Morgan fingerprint density at radius 1 is 1.44 bits per heavy atom. The van der Waals surface area contributed by atoms with Gasteiger partial charge in [0.1, 0.15) is 5.75 Å². The van der Waals surface area contributed by atoms with Crippen molar-refractivity contribution < 1.29 is 9.53 Å². The summed E-state index contributed by atoms with van der Waals surface area (Å²) >= 11 is 5.75. The molecule has 0 bridgehead atoms. The van der Waals surface area contributed by atoms with Crippen LogP contribution in [-0.2, 0) is 10.7 Å². The SMILES string of the molecule is O=C1Nc2cc(CCl)ccc2OC12CCC2. The standard InChI is InChI=1S/C12H12ClNO2/c13-7-8-2-3-10-9(6-8)14-11(15)12(16-10)4-1-5-12/h2-3,6H,1,4-5,7H2,(H,14,15). The van der Waals surface area contributed by atoms with Gasteiger partial charge in [0.05, 0.1) is 5.69 Å². The largest absolute Gasteiger partial charge is 0.475 e. The Bertz CT molecular complexity index is 454. The van der Waals surface area contributed by atoms with Crippen LogP contribution in [0.15, 0.2) is 18.2 Å². The maximum Gasteiger partial charge on any atom is 0.268 e. The Labute approximate surface area is 98.7 Å². The third-order valence-electron chi connectivity index (χ3n) is 3.33. The smallest absolute Gasteiger partial charge is 0.268 e. The Morgan fingerprint density at radius 3 is 2.88 bits per heavy atom. The number of benzene rings is 1. The molecule has 1 fully saturated rings. The van der Waals surface area contributed by atoms with E-state index in [1.54, 1.807) is 0 Å². The summed E-state index contributed by atoms with van der Waals surface area (Å²) in [6, 6.07) is 5.67. The zero-order chi connectivity index (χ0) is 11.2. The first-order valence-corrected chi connectivity index (χ1v) is 5.96. The fourth-order valence-corrected chi connectivity index (χ4v) is 2.33. The summed E-state index contributed by atoms with van der Waals surface area (Å²) in [5.74, 6) is 1.18. The zero-order valence-corrected chi connectivity index (χ0v) is 9.51. The van der Waals surface area contributed by atoms with Crippen LogP contribution in [0.3, 0.4) is 0 Å². The Hall–Kier alpha value is -1.22. The van der Waals surface area contributed by atoms with E-state index in [-0.39, 0.29) is 5.91 Å². The van der Waals surface area contributed by atoms with Crippen LogP contribution in [-0.4, -0.2) is 11.5 Å². The van der Waals surface area contributed by atoms with E-state index in [9.17, 15) is 4.79 Å². The van der Waals surface area contributed by atoms with Crippen molar-refractivity contribution in [3.05, 3.63) is 23.8 Å². The van der Waals surface area contributed by atoms with Crippen molar-refractivity contribution >= 4 is 23.2 Å². The summed E-state index contributed by atoms with van der Waals surface area (Å²) in [4.78, 5) is 11.9. The van der Waals surface area contributed by atoms with E-state index in [1.165, 1.54) is 0 Å². The molecular formula is C12H12ClNO2. The van der Waals surface area contributed by atoms with Gasteiger partial charge in [-0.25, -0.2) is 0 Å². The Morgan fingerprint density at radius 2 is 2.25 bits per heavy atom. The topological polar surface area (TPSA) is 38.3 Å². The van der Waals surface area contributed by atoms with Gasteiger partial charge in [-0.05, 0) is 37.0 Å². The van der Waals surface area contributed by atoms with Crippen molar-refractivity contribution in [1.29, 1.82) is 0 Å². The number of hydrogen-bond acceptors (Lipinski definition) is 2. The average Bonchev–Trinajstić information content (AvgIpc) is 2.25. The second-order valence-electron chi connectivity index (χ2n) is 4.37. The van der Waals surface area contributed by atoms with Crippen LogP contribution in [0.2, 0.25) is 0 Å². The average molecular weight is 238 g/mol. The molecule has 1 aromatic carbocycles. The van der Waals surface area contributed by atoms with Gasteiger partial charge in [0.25, 0.3) is 5.91 Å². The van der Waals surface area contributed by atoms with Crippen molar-refractivity contribution in [3.63, 3.8) is 0 Å². The molecule has 3 nitrogen and oxygen atoms in total. The van der Waals surface area contributed by atoms with Gasteiger partial charge >= 0.3 is 0 Å². The van der Waals surface area contributed by atoms with E-state index in [4.69, 9.17) is 16.3 Å². The summed E-state index contributed by atoms with van der Waals surface area (Å²) in [7, 11) is 0. The number of ether oxygens (including phenoxy) is 1. The monoisotopic (exact) mass is 237 g/mol. The summed E-state index contributed by atoms with van der Waals surface area (Å²) in [6.07, 6.45) is 2.69. The molecule has 0 unspecified atom stereocenters. The van der Waals surface area contributed by atoms with Crippen molar-refractivity contribution in [2.45, 2.75) is 30.7 Å². The first-order chi connectivity index (χ1) is 7.73. The lowest BCUT2D eigenvalue weighted by Gasteiger charge is -2.43. The minimum absolute atomic E-state index is 0.0158. The van der Waals surface area contributed by atoms with E-state index in [0.29, 0.717) is 5.88 Å². The molecule has 1 heterocycles. The molecule has 3 rings (SSSR count). The van der Waals surface area contributed by atoms with Crippen molar-refractivity contribution in [2.24, 2.45) is 0 Å². The van der Waals surface area contributed by atoms with Gasteiger partial charge in [0, 0.05) is 5.88 Å². The summed E-state index contributed by atoms with van der Waals surface area (Å²) < 4.78 is 5.81. The molecule has 1 N–H and O–H groups in total. The quantitative estimate of drug-likeness (QED) is 0.763. The molecule has 1 aliphatic carbocycles. The first kappa shape index (κ1) is 9.97. The minimum Gasteiger partial charge on any atom is -0.475 e. The van der Waals surface area contributed by atoms with Gasteiger partial charge in [-0.3, -0.25) is 4.79 Å². The van der Waals surface area contributed by atoms with Crippen LogP contribution in [0, 0.1) is 0 Å². The van der Waals surface area contributed by atoms with Gasteiger partial charge in [0.15, 0.2) is 5.60 Å². The predicted molar refractivity (Wildman–Crippen MR) is 61.8 cm³/mol. The first-order valence-electron chi connectivity index (χ1n) is 5.43. The highest BCUT2D eigenvalue weighted by atomic mass is 35.5. The second kappa shape index (κ2) is 3.39. The maximum absolute atomic E-state index is 11.9. The molecule has 0 saturated heterocycles. The number of anilines is 1. The fourth-order valence-electron chi connectivity index (χ4n) is 2.17. The number of hydrogen-bond donors (Lipinski definition) is 1. The number of fused-ring (bicyclic) bond motifs is 1. The molecule has 1 aromatic rings. The third kappa shape index (κ3) is 1.31. The second-order valence-corrected chi connectivity index (χ2v) is 4.64. The number of carbonyl (C=O) groups excluding carboxylic acids is 1. The molecule has 1 saturated carbocycles. The van der Waals surface area contributed by atoms with E-state index in [1.807, 2.05) is 18.2 Å². The highest BCUT2D eigenvalue weighted by Gasteiger charge is 2.49. The molecule has 0 aromatic heterocycles. The Balaban J connectivity index is 1.98. The lowest BCUT2D eigenvalue weighted by molar-refractivity contribution is -0.139. The number of amides is 1. The molecule has 4 heteroatoms. The summed E-state index contributed by atoms with van der Waals surface area (Å²) in [6.45, 7) is 0. The predicted octanol–water partition coefficient (Wildman–Crippen LogP) is 2.68. The number of carbonyl (C=O) groups is 1. The van der Waals surface area contributed by atoms with Gasteiger partial charge in [-0.2, -0.15) is 0 Å². The van der Waals surface area contributed by atoms with Crippen LogP contribution < -0.4 is 10.1 Å². The van der Waals surface area contributed by atoms with E-state index >= 15 is 0 Å². The normalized spacial score (nSPS) is 20.7. The van der Waals surface area contributed by atoms with Gasteiger partial charge in [0.2, 0.25) is 0 Å². The fraction of sp³-hybridized carbons (Fsp3) is 0.417. The van der Waals surface area contributed by atoms with Gasteiger partial charge in [-0.1, -0.05) is 6.07 Å². The zero-order valence-electron chi connectivity index (χ0n) is 8.75. The van der Waals surface area contributed by atoms with Crippen LogP contribution in [0.25, 0.3) is 0 Å². The molecule has 1 aliphatic heterocycles. The molecule has 1 spiro atoms. The van der Waals surface area contributed by atoms with Crippen molar-refractivity contribution in [2.75, 3.05) is 5.32 Å². The van der Waals surface area contributed by atoms with E-state index in [2.05, 4.69) is 5.32 Å². The molecule has 84 valence electrons. The highest BCUT2D eigenvalue weighted by Crippen LogP contribution is 2.43. The lowest BCUT2D eigenvalue weighted by Crippen LogP contribution is -2.55. The molecule has 0 atom stereocenters. The summed E-state index contributed by atoms with van der Waals surface area (Å²) in [5, 5.41) is 2.90. The maximum atomic E-state index is 11.9. The van der Waals surface area contributed by atoms with Gasteiger partial charge in [-0.15, -0.1) is 11.6 Å². The van der Waals surface area contributed by atoms with Crippen LogP contribution in [0.5, 0.6) is 5.75 Å². The number of alkyl halides is 1. The van der Waals surface area contributed by atoms with Crippen molar-refractivity contribution in [1.82, 2.24) is 0 Å². The van der Waals surface area contributed by atoms with Crippen LogP contribution in [0.4, 0.5) is 5.69 Å². The van der Waals surface area contributed by atoms with E-state index in [0.717, 1.165) is 36.3 Å². The van der Waals surface area contributed by atoms with Gasteiger partial charge < -0.3 is 10.1 Å². The number of nitrogens with one attached hydrogen (secondary N) is 1. The minimum atomic E-state index is -0.588. The van der Waals surface area contributed by atoms with Crippen LogP contribution >= 0.6 is 11.6 Å². The third-order valence-corrected chi connectivity index (χ3v) is 3.64. The highest BCUT2D eigenvalue weighted by molar-refractivity contribution is 6.17. The molecule has 16 heavy (non-hydrogen) atoms. The molecule has 0 radical (unpaired) electrons.